The number of nitrogens with two attached hydrogens (primary N) is 1. The first kappa shape index (κ1) is 17.2. The van der Waals surface area contributed by atoms with Crippen LogP contribution in [0.2, 0.25) is 0 Å². The van der Waals surface area contributed by atoms with E-state index in [1.54, 1.807) is 24.5 Å². The van der Waals surface area contributed by atoms with Crippen LogP contribution in [0.1, 0.15) is 24.3 Å². The summed E-state index contributed by atoms with van der Waals surface area (Å²) in [5.41, 5.74) is 6.40. The zero-order valence-electron chi connectivity index (χ0n) is 14.6. The van der Waals surface area contributed by atoms with Crippen LogP contribution in [0.4, 0.5) is 0 Å². The van der Waals surface area contributed by atoms with E-state index >= 15 is 0 Å². The average Bonchev–Trinajstić information content (AvgIpc) is 3.16. The number of hydrogen-bond donors (Lipinski definition) is 1. The van der Waals surface area contributed by atoms with Crippen LogP contribution in [0.3, 0.4) is 0 Å². The summed E-state index contributed by atoms with van der Waals surface area (Å²) in [6.45, 7) is 1.00. The predicted octanol–water partition coefficient (Wildman–Crippen LogP) is 2.03. The Balaban J connectivity index is 1.97. The Labute approximate surface area is 156 Å². The van der Waals surface area contributed by atoms with Gasteiger partial charge in [0, 0.05) is 31.2 Å². The molecule has 0 radical (unpaired) electrons. The molecule has 1 aromatic heterocycles. The number of fused-ring (bicyclic) bond motifs is 1. The van der Waals surface area contributed by atoms with Crippen LogP contribution in [0, 0.1) is 45.3 Å². The molecule has 27 heavy (non-hydrogen) atoms. The number of rotatable bonds is 1. The van der Waals surface area contributed by atoms with Gasteiger partial charge in [0.25, 0.3) is 0 Å². The van der Waals surface area contributed by atoms with E-state index in [4.69, 9.17) is 15.2 Å². The monoisotopic (exact) mass is 359 g/mol. The summed E-state index contributed by atoms with van der Waals surface area (Å²) < 4.78 is 11.7. The van der Waals surface area contributed by atoms with Crippen molar-refractivity contribution in [1.82, 2.24) is 4.98 Å². The lowest BCUT2D eigenvalue weighted by Gasteiger charge is -2.46. The number of hydrogen-bond acceptors (Lipinski definition) is 7. The fourth-order valence-electron chi connectivity index (χ4n) is 4.55. The van der Waals surface area contributed by atoms with E-state index in [2.05, 4.69) is 23.2 Å². The molecular formula is C20H17N5O2. The van der Waals surface area contributed by atoms with E-state index in [1.807, 2.05) is 6.08 Å². The first-order valence-corrected chi connectivity index (χ1v) is 8.72. The Morgan fingerprint density at radius 2 is 1.78 bits per heavy atom. The quantitative estimate of drug-likeness (QED) is 0.812. The molecule has 7 nitrogen and oxygen atoms in total. The van der Waals surface area contributed by atoms with Gasteiger partial charge in [-0.3, -0.25) is 4.98 Å². The van der Waals surface area contributed by atoms with E-state index in [9.17, 15) is 15.8 Å². The molecule has 134 valence electrons. The Kier molecular flexibility index (Phi) is 3.97. The molecule has 1 fully saturated rings. The molecule has 0 aromatic carbocycles. The minimum atomic E-state index is -1.65. The summed E-state index contributed by atoms with van der Waals surface area (Å²) in [7, 11) is 0. The lowest BCUT2D eigenvalue weighted by atomic mass is 9.56. The summed E-state index contributed by atoms with van der Waals surface area (Å²) in [6, 6.07) is 9.92. The number of ether oxygens (including phenoxy) is 2. The minimum Gasteiger partial charge on any atom is -0.399 e. The van der Waals surface area contributed by atoms with Gasteiger partial charge in [0.2, 0.25) is 0 Å². The third-order valence-corrected chi connectivity index (χ3v) is 5.76. The van der Waals surface area contributed by atoms with Gasteiger partial charge in [0.05, 0.1) is 36.6 Å². The van der Waals surface area contributed by atoms with Crippen molar-refractivity contribution in [3.8, 4) is 18.2 Å². The van der Waals surface area contributed by atoms with Gasteiger partial charge in [0.1, 0.15) is 6.07 Å². The van der Waals surface area contributed by atoms with Crippen molar-refractivity contribution in [2.75, 3.05) is 13.2 Å². The molecule has 0 saturated carbocycles. The van der Waals surface area contributed by atoms with Gasteiger partial charge in [-0.25, -0.2) is 0 Å². The van der Waals surface area contributed by atoms with Crippen molar-refractivity contribution < 1.29 is 9.47 Å². The third-order valence-electron chi connectivity index (χ3n) is 5.76. The highest BCUT2D eigenvalue weighted by atomic mass is 16.7. The molecular weight excluding hydrogens is 342 g/mol. The van der Waals surface area contributed by atoms with E-state index in [1.165, 1.54) is 0 Å². The first-order valence-electron chi connectivity index (χ1n) is 8.72. The molecule has 2 aliphatic carbocycles. The Morgan fingerprint density at radius 1 is 1.11 bits per heavy atom. The number of nitrogens with zero attached hydrogens (tertiary/aromatic N) is 4. The molecule has 2 N–H and O–H groups in total. The zero-order valence-corrected chi connectivity index (χ0v) is 14.6. The number of pyridine rings is 1. The number of nitriles is 3. The summed E-state index contributed by atoms with van der Waals surface area (Å²) in [5, 5.41) is 29.7. The highest BCUT2D eigenvalue weighted by molar-refractivity contribution is 5.59. The maximum absolute atomic E-state index is 10.0. The molecule has 0 bridgehead atoms. The molecule has 7 heteroatoms. The fourth-order valence-corrected chi connectivity index (χ4v) is 4.55. The molecule has 4 rings (SSSR count). The summed E-state index contributed by atoms with van der Waals surface area (Å²) in [4.78, 5) is 4.04. The largest absolute Gasteiger partial charge is 0.399 e. The van der Waals surface area contributed by atoms with E-state index in [-0.39, 0.29) is 17.2 Å². The van der Waals surface area contributed by atoms with Crippen LogP contribution in [-0.2, 0) is 9.47 Å². The Morgan fingerprint density at radius 3 is 2.37 bits per heavy atom. The standard InChI is InChI=1S/C20H17N5O2/c21-10-16-14-1-4-20(26-7-8-27-20)9-15(14)17(13-2-5-25-6-3-13)19(11-22,12-23)18(16)24/h1-3,5-6,15,17H,4,7-9,24H2/t15-,17-/m1/s1. The first-order chi connectivity index (χ1) is 13.1. The molecule has 2 atom stereocenters. The molecule has 1 spiro atoms. The van der Waals surface area contributed by atoms with Gasteiger partial charge in [-0.2, -0.15) is 15.8 Å². The zero-order chi connectivity index (χ0) is 19.1. The lowest BCUT2D eigenvalue weighted by Crippen LogP contribution is -2.47. The molecule has 1 aromatic rings. The SMILES string of the molecule is N#CC1=C(N)C(C#N)(C#N)[C@H](c2ccncc2)[C@@H]2CC3(CC=C12)OCCO3. The van der Waals surface area contributed by atoms with E-state index in [0.29, 0.717) is 26.1 Å². The molecule has 1 aliphatic heterocycles. The van der Waals surface area contributed by atoms with Crippen LogP contribution in [-0.4, -0.2) is 24.0 Å². The number of aromatic nitrogens is 1. The Bertz CT molecular complexity index is 941. The van der Waals surface area contributed by atoms with Crippen molar-refractivity contribution >= 4 is 0 Å². The van der Waals surface area contributed by atoms with Gasteiger partial charge < -0.3 is 15.2 Å². The maximum Gasteiger partial charge on any atom is 0.191 e. The van der Waals surface area contributed by atoms with E-state index < -0.39 is 17.1 Å². The second kappa shape index (κ2) is 6.21. The molecule has 0 unspecified atom stereocenters. The highest BCUT2D eigenvalue weighted by Gasteiger charge is 2.57. The second-order valence-electron chi connectivity index (χ2n) is 6.97. The summed E-state index contributed by atoms with van der Waals surface area (Å²) in [6.07, 6.45) is 6.12. The van der Waals surface area contributed by atoms with Gasteiger partial charge in [0.15, 0.2) is 11.2 Å². The Hall–Kier alpha value is -3.18. The summed E-state index contributed by atoms with van der Waals surface area (Å²) >= 11 is 0. The van der Waals surface area contributed by atoms with Gasteiger partial charge in [-0.1, -0.05) is 6.08 Å². The van der Waals surface area contributed by atoms with Crippen LogP contribution in [0.15, 0.2) is 47.4 Å². The molecule has 1 saturated heterocycles. The van der Waals surface area contributed by atoms with Crippen molar-refractivity contribution in [3.63, 3.8) is 0 Å². The predicted molar refractivity (Wildman–Crippen MR) is 92.9 cm³/mol. The molecule has 2 heterocycles. The number of allylic oxidation sites excluding steroid dienone is 3. The van der Waals surface area contributed by atoms with Crippen molar-refractivity contribution in [1.29, 1.82) is 15.8 Å². The smallest absolute Gasteiger partial charge is 0.191 e. The van der Waals surface area contributed by atoms with Gasteiger partial charge in [-0.05, 0) is 29.2 Å². The van der Waals surface area contributed by atoms with Crippen LogP contribution >= 0.6 is 0 Å². The third kappa shape index (κ3) is 2.35. The maximum atomic E-state index is 10.0. The van der Waals surface area contributed by atoms with E-state index in [0.717, 1.165) is 11.1 Å². The lowest BCUT2D eigenvalue weighted by molar-refractivity contribution is -0.171. The van der Waals surface area contributed by atoms with Crippen LogP contribution < -0.4 is 5.73 Å². The minimum absolute atomic E-state index is 0.0171. The van der Waals surface area contributed by atoms with Gasteiger partial charge >= 0.3 is 0 Å². The van der Waals surface area contributed by atoms with Crippen molar-refractivity contribution in [3.05, 3.63) is 53.0 Å². The molecule has 3 aliphatic rings. The average molecular weight is 359 g/mol. The second-order valence-corrected chi connectivity index (χ2v) is 6.97. The van der Waals surface area contributed by atoms with Crippen LogP contribution in [0.25, 0.3) is 0 Å². The van der Waals surface area contributed by atoms with Gasteiger partial charge in [-0.15, -0.1) is 0 Å². The van der Waals surface area contributed by atoms with Crippen molar-refractivity contribution in [2.24, 2.45) is 17.1 Å². The fraction of sp³-hybridized carbons (Fsp3) is 0.400. The summed E-state index contributed by atoms with van der Waals surface area (Å²) in [5.74, 6) is -1.63. The van der Waals surface area contributed by atoms with Crippen molar-refractivity contribution in [2.45, 2.75) is 24.5 Å². The topological polar surface area (TPSA) is 129 Å². The normalized spacial score (nSPS) is 27.8. The molecule has 0 amide bonds. The van der Waals surface area contributed by atoms with Crippen LogP contribution in [0.5, 0.6) is 0 Å². The highest BCUT2D eigenvalue weighted by Crippen LogP contribution is 2.57.